The number of hydrogen-bond donors (Lipinski definition) is 0. The molecule has 0 saturated heterocycles. The van der Waals surface area contributed by atoms with Gasteiger partial charge in [0.2, 0.25) is 0 Å². The van der Waals surface area contributed by atoms with Gasteiger partial charge in [0.15, 0.2) is 0 Å². The first-order valence-corrected chi connectivity index (χ1v) is 6.64. The first-order chi connectivity index (χ1) is 7.20. The molecule has 0 aliphatic rings. The van der Waals surface area contributed by atoms with Gasteiger partial charge in [-0.3, -0.25) is 9.36 Å². The van der Waals surface area contributed by atoms with Crippen LogP contribution in [0.25, 0.3) is 0 Å². The molecule has 2 aromatic rings. The van der Waals surface area contributed by atoms with E-state index in [2.05, 4.69) is 4.98 Å². The van der Waals surface area contributed by atoms with Crippen molar-refractivity contribution in [2.75, 3.05) is 0 Å². The summed E-state index contributed by atoms with van der Waals surface area (Å²) in [6.45, 7) is 2.48. The number of alkyl halides is 1. The Hall–Kier alpha value is -0.650. The summed E-state index contributed by atoms with van der Waals surface area (Å²) in [5.74, 6) is 0.425. The van der Waals surface area contributed by atoms with Gasteiger partial charge in [-0.1, -0.05) is 11.3 Å². The van der Waals surface area contributed by atoms with Crippen LogP contribution in [0.15, 0.2) is 15.6 Å². The lowest BCUT2D eigenvalue weighted by Crippen LogP contribution is -2.15. The van der Waals surface area contributed by atoms with Crippen LogP contribution in [0.4, 0.5) is 0 Å². The summed E-state index contributed by atoms with van der Waals surface area (Å²) in [5.41, 5.74) is 1.85. The quantitative estimate of drug-likeness (QED) is 0.795. The number of thiazole rings is 2. The highest BCUT2D eigenvalue weighted by Gasteiger charge is 2.06. The molecule has 0 aromatic carbocycles. The zero-order valence-corrected chi connectivity index (χ0v) is 10.5. The second-order valence-corrected chi connectivity index (χ2v) is 5.13. The highest BCUT2D eigenvalue weighted by Crippen LogP contribution is 2.13. The molecule has 6 heteroatoms. The minimum absolute atomic E-state index is 0.0649. The Balaban J connectivity index is 2.25. The van der Waals surface area contributed by atoms with E-state index in [1.54, 1.807) is 4.57 Å². The van der Waals surface area contributed by atoms with E-state index in [0.29, 0.717) is 12.4 Å². The Bertz CT molecular complexity index is 514. The van der Waals surface area contributed by atoms with Crippen molar-refractivity contribution in [1.82, 2.24) is 9.55 Å². The van der Waals surface area contributed by atoms with Crippen LogP contribution in [0, 0.1) is 6.92 Å². The van der Waals surface area contributed by atoms with Crippen molar-refractivity contribution in [2.45, 2.75) is 19.3 Å². The van der Waals surface area contributed by atoms with E-state index in [-0.39, 0.29) is 4.87 Å². The molecule has 0 fully saturated rings. The maximum Gasteiger partial charge on any atom is 0.307 e. The zero-order chi connectivity index (χ0) is 10.8. The summed E-state index contributed by atoms with van der Waals surface area (Å²) in [4.78, 5) is 15.8. The van der Waals surface area contributed by atoms with Crippen molar-refractivity contribution in [3.05, 3.63) is 36.8 Å². The van der Waals surface area contributed by atoms with E-state index >= 15 is 0 Å². The van der Waals surface area contributed by atoms with E-state index in [1.807, 2.05) is 17.7 Å². The minimum Gasteiger partial charge on any atom is -0.296 e. The van der Waals surface area contributed by atoms with Crippen molar-refractivity contribution >= 4 is 34.3 Å². The summed E-state index contributed by atoms with van der Waals surface area (Å²) in [6.07, 6.45) is 0. The number of hydrogen-bond acceptors (Lipinski definition) is 4. The van der Waals surface area contributed by atoms with Crippen LogP contribution in [-0.4, -0.2) is 9.55 Å². The molecular formula is C9H9ClN2OS2. The van der Waals surface area contributed by atoms with E-state index in [9.17, 15) is 4.79 Å². The molecular weight excluding hydrogens is 252 g/mol. The fourth-order valence-corrected chi connectivity index (χ4v) is 2.96. The van der Waals surface area contributed by atoms with Crippen LogP contribution in [-0.2, 0) is 12.4 Å². The summed E-state index contributed by atoms with van der Waals surface area (Å²) in [5, 5.41) is 4.71. The molecule has 80 valence electrons. The first-order valence-electron chi connectivity index (χ1n) is 4.35. The van der Waals surface area contributed by atoms with Gasteiger partial charge in [-0.25, -0.2) is 4.98 Å². The molecule has 0 bridgehead atoms. The van der Waals surface area contributed by atoms with E-state index < -0.39 is 0 Å². The number of halogens is 1. The Morgan fingerprint density at radius 1 is 1.47 bits per heavy atom. The lowest BCUT2D eigenvalue weighted by molar-refractivity contribution is 0.747. The number of nitrogens with zero attached hydrogens (tertiary/aromatic N) is 2. The molecule has 15 heavy (non-hydrogen) atoms. The molecule has 0 aliphatic carbocycles. The van der Waals surface area contributed by atoms with Crippen LogP contribution >= 0.6 is 34.3 Å². The number of rotatable bonds is 3. The molecule has 0 N–H and O–H groups in total. The van der Waals surface area contributed by atoms with Crippen molar-refractivity contribution in [1.29, 1.82) is 0 Å². The Kier molecular flexibility index (Phi) is 3.23. The van der Waals surface area contributed by atoms with Crippen molar-refractivity contribution in [2.24, 2.45) is 0 Å². The average Bonchev–Trinajstić information content (AvgIpc) is 2.80. The van der Waals surface area contributed by atoms with Gasteiger partial charge in [0, 0.05) is 16.5 Å². The molecule has 3 nitrogen and oxygen atoms in total. The van der Waals surface area contributed by atoms with Crippen LogP contribution in [0.5, 0.6) is 0 Å². The molecule has 2 heterocycles. The largest absolute Gasteiger partial charge is 0.307 e. The molecule has 0 amide bonds. The third-order valence-corrected chi connectivity index (χ3v) is 4.04. The minimum atomic E-state index is 0.0649. The van der Waals surface area contributed by atoms with Gasteiger partial charge in [-0.05, 0) is 6.92 Å². The summed E-state index contributed by atoms with van der Waals surface area (Å²) in [7, 11) is 0. The van der Waals surface area contributed by atoms with Crippen molar-refractivity contribution in [3.8, 4) is 0 Å². The number of aryl methyl sites for hydroxylation is 1. The van der Waals surface area contributed by atoms with Crippen LogP contribution < -0.4 is 4.87 Å². The summed E-state index contributed by atoms with van der Waals surface area (Å²) in [6, 6.07) is 0. The highest BCUT2D eigenvalue weighted by molar-refractivity contribution is 7.09. The Morgan fingerprint density at radius 2 is 2.27 bits per heavy atom. The predicted molar refractivity (Wildman–Crippen MR) is 64.1 cm³/mol. The second-order valence-electron chi connectivity index (χ2n) is 3.10. The average molecular weight is 261 g/mol. The van der Waals surface area contributed by atoms with Gasteiger partial charge in [-0.2, -0.15) is 0 Å². The third-order valence-electron chi connectivity index (χ3n) is 2.01. The van der Waals surface area contributed by atoms with Gasteiger partial charge >= 0.3 is 4.87 Å². The molecule has 2 aromatic heterocycles. The molecule has 0 spiro atoms. The lowest BCUT2D eigenvalue weighted by atomic mass is 10.5. The molecule has 2 rings (SSSR count). The van der Waals surface area contributed by atoms with E-state index in [1.165, 1.54) is 22.7 Å². The maximum atomic E-state index is 11.5. The van der Waals surface area contributed by atoms with Gasteiger partial charge in [0.05, 0.1) is 18.1 Å². The highest BCUT2D eigenvalue weighted by atomic mass is 35.5. The van der Waals surface area contributed by atoms with Gasteiger partial charge < -0.3 is 0 Å². The van der Waals surface area contributed by atoms with Crippen LogP contribution in [0.1, 0.15) is 16.4 Å². The van der Waals surface area contributed by atoms with Crippen molar-refractivity contribution in [3.63, 3.8) is 0 Å². The summed E-state index contributed by atoms with van der Waals surface area (Å²) >= 11 is 8.42. The van der Waals surface area contributed by atoms with Crippen molar-refractivity contribution < 1.29 is 0 Å². The molecule has 0 unspecified atom stereocenters. The molecule has 0 atom stereocenters. The predicted octanol–water partition coefficient (Wildman–Crippen LogP) is 2.46. The normalized spacial score (nSPS) is 10.8. The van der Waals surface area contributed by atoms with Gasteiger partial charge in [-0.15, -0.1) is 22.9 Å². The van der Waals surface area contributed by atoms with Crippen LogP contribution in [0.2, 0.25) is 0 Å². The Labute approximate surface area is 100.0 Å². The topological polar surface area (TPSA) is 34.9 Å². The summed E-state index contributed by atoms with van der Waals surface area (Å²) < 4.78 is 1.72. The van der Waals surface area contributed by atoms with E-state index in [4.69, 9.17) is 11.6 Å². The van der Waals surface area contributed by atoms with E-state index in [0.717, 1.165) is 16.4 Å². The fourth-order valence-electron chi connectivity index (χ4n) is 1.21. The fraction of sp³-hybridized carbons (Fsp3) is 0.333. The zero-order valence-electron chi connectivity index (χ0n) is 8.07. The van der Waals surface area contributed by atoms with Gasteiger partial charge in [0.1, 0.15) is 5.01 Å². The molecule has 0 radical (unpaired) electrons. The first kappa shape index (κ1) is 10.9. The monoisotopic (exact) mass is 260 g/mol. The third kappa shape index (κ3) is 2.30. The standard InChI is InChI=1S/C9H9ClN2OS2/c1-6-4-15-9(13)12(6)3-8-11-7(2-10)5-14-8/h4-5H,2-3H2,1H3. The molecule has 0 saturated carbocycles. The van der Waals surface area contributed by atoms with Crippen LogP contribution in [0.3, 0.4) is 0 Å². The smallest absolute Gasteiger partial charge is 0.296 e. The molecule has 0 aliphatic heterocycles. The Morgan fingerprint density at radius 3 is 2.80 bits per heavy atom. The number of aromatic nitrogens is 2. The van der Waals surface area contributed by atoms with Gasteiger partial charge in [0.25, 0.3) is 0 Å². The SMILES string of the molecule is Cc1csc(=O)n1Cc1nc(CCl)cs1. The second kappa shape index (κ2) is 4.47. The lowest BCUT2D eigenvalue weighted by Gasteiger charge is -1.99. The maximum absolute atomic E-state index is 11.5.